The molecule has 0 bridgehead atoms. The number of carbonyl (C=O) groups is 1. The Labute approximate surface area is 148 Å². The normalized spacial score (nSPS) is 11.9. The van der Waals surface area contributed by atoms with E-state index in [0.717, 1.165) is 5.56 Å². The fraction of sp³-hybridized carbons (Fsp3) is 0.389. The van der Waals surface area contributed by atoms with Gasteiger partial charge < -0.3 is 20.6 Å². The molecule has 0 saturated heterocycles. The second kappa shape index (κ2) is 7.38. The number of carboxylic acids is 1. The minimum absolute atomic E-state index is 0.545. The zero-order valence-electron chi connectivity index (χ0n) is 15.3. The third-order valence-electron chi connectivity index (χ3n) is 3.94. The molecule has 2 aromatic rings. The predicted molar refractivity (Wildman–Crippen MR) is 100 cm³/mol. The summed E-state index contributed by atoms with van der Waals surface area (Å²) in [6.07, 6.45) is 0.545. The van der Waals surface area contributed by atoms with Crippen molar-refractivity contribution in [2.45, 2.75) is 19.3 Å². The fourth-order valence-electron chi connectivity index (χ4n) is 2.58. The number of nitrogen functional groups attached to an aromatic ring is 1. The van der Waals surface area contributed by atoms with Crippen LogP contribution in [-0.4, -0.2) is 49.2 Å². The van der Waals surface area contributed by atoms with Gasteiger partial charge in [0.2, 0.25) is 0 Å². The zero-order chi connectivity index (χ0) is 18.7. The second-order valence-electron chi connectivity index (χ2n) is 6.47. The van der Waals surface area contributed by atoms with Crippen molar-refractivity contribution < 1.29 is 9.90 Å². The summed E-state index contributed by atoms with van der Waals surface area (Å²) in [6.45, 7) is 1.65. The van der Waals surface area contributed by atoms with E-state index in [1.807, 2.05) is 62.3 Å². The van der Waals surface area contributed by atoms with Gasteiger partial charge in [-0.25, -0.2) is 9.97 Å². The number of nitrogens with zero attached hydrogens (tertiary/aromatic N) is 4. The first-order valence-electron chi connectivity index (χ1n) is 8.03. The molecule has 25 heavy (non-hydrogen) atoms. The minimum Gasteiger partial charge on any atom is -0.481 e. The lowest BCUT2D eigenvalue weighted by Gasteiger charge is -2.25. The highest BCUT2D eigenvalue weighted by molar-refractivity contribution is 5.81. The average molecular weight is 344 g/mol. The number of aliphatic carboxylic acids is 1. The Morgan fingerprint density at radius 2 is 1.56 bits per heavy atom. The van der Waals surface area contributed by atoms with Gasteiger partial charge >= 0.3 is 5.97 Å². The molecule has 1 aromatic carbocycles. The molecule has 0 saturated carbocycles. The van der Waals surface area contributed by atoms with Crippen LogP contribution < -0.4 is 15.5 Å². The van der Waals surface area contributed by atoms with Gasteiger partial charge in [-0.2, -0.15) is 0 Å². The molecule has 3 N–H and O–H groups in total. The summed E-state index contributed by atoms with van der Waals surface area (Å²) >= 11 is 0. The van der Waals surface area contributed by atoms with Crippen molar-refractivity contribution >= 4 is 23.3 Å². The number of benzene rings is 1. The second-order valence-corrected chi connectivity index (χ2v) is 6.47. The smallest absolute Gasteiger partial charge is 0.310 e. The highest BCUT2D eigenvalue weighted by Gasteiger charge is 2.26. The quantitative estimate of drug-likeness (QED) is 0.773. The van der Waals surface area contributed by atoms with Crippen molar-refractivity contribution in [2.24, 2.45) is 0 Å². The Hall–Kier alpha value is -2.83. The summed E-state index contributed by atoms with van der Waals surface area (Å²) in [7, 11) is 7.42. The monoisotopic (exact) mass is 344 g/mol. The molecule has 0 fully saturated rings. The minimum atomic E-state index is -0.902. The number of carboxylic acid groups (broad SMARTS) is 1. The van der Waals surface area contributed by atoms with Crippen molar-refractivity contribution in [2.75, 3.05) is 43.7 Å². The molecule has 1 unspecified atom stereocenters. The van der Waals surface area contributed by atoms with Gasteiger partial charge in [-0.3, -0.25) is 4.79 Å². The number of hydrogen-bond donors (Lipinski definition) is 2. The predicted octanol–water partition coefficient (Wildman–Crippen LogP) is 1.97. The van der Waals surface area contributed by atoms with Gasteiger partial charge in [-0.15, -0.1) is 0 Å². The van der Waals surface area contributed by atoms with Gasteiger partial charge in [-0.05, 0) is 24.6 Å². The molecule has 0 amide bonds. The Morgan fingerprint density at radius 3 is 1.96 bits per heavy atom. The van der Waals surface area contributed by atoms with Crippen molar-refractivity contribution in [1.82, 2.24) is 9.97 Å². The highest BCUT2D eigenvalue weighted by Crippen LogP contribution is 2.33. The molecule has 0 aliphatic rings. The van der Waals surface area contributed by atoms with E-state index in [1.165, 1.54) is 0 Å². The molecular formula is C18H25N5O2. The highest BCUT2D eigenvalue weighted by atomic mass is 16.4. The fourth-order valence-corrected chi connectivity index (χ4v) is 2.58. The lowest BCUT2D eigenvalue weighted by atomic mass is 10.0. The van der Waals surface area contributed by atoms with Gasteiger partial charge in [0, 0.05) is 40.3 Å². The first kappa shape index (κ1) is 18.5. The molecular weight excluding hydrogens is 319 g/mol. The van der Waals surface area contributed by atoms with Gasteiger partial charge in [0.25, 0.3) is 0 Å². The summed E-state index contributed by atoms with van der Waals surface area (Å²) in [5.74, 6) is 0.276. The molecule has 0 spiro atoms. The standard InChI is InChI=1S/C18H25N5O2/c1-11(18(24)25)15-16(22(2)3)20-14(21-17(15)23(4)5)10-12-6-8-13(19)9-7-12/h6-9,11H,10,19H2,1-5H3,(H,24,25)/i6+1. The first-order chi connectivity index (χ1) is 11.7. The maximum absolute atomic E-state index is 11.6. The summed E-state index contributed by atoms with van der Waals surface area (Å²) < 4.78 is 0. The largest absolute Gasteiger partial charge is 0.481 e. The van der Waals surface area contributed by atoms with Crippen LogP contribution in [0, 0.1) is 0 Å². The maximum atomic E-state index is 11.6. The van der Waals surface area contributed by atoms with Crippen molar-refractivity contribution in [3.05, 3.63) is 41.2 Å². The van der Waals surface area contributed by atoms with Crippen LogP contribution in [-0.2, 0) is 11.2 Å². The van der Waals surface area contributed by atoms with E-state index < -0.39 is 11.9 Å². The number of hydrogen-bond acceptors (Lipinski definition) is 6. The van der Waals surface area contributed by atoms with Crippen LogP contribution in [0.15, 0.2) is 24.3 Å². The van der Waals surface area contributed by atoms with Crippen LogP contribution in [0.25, 0.3) is 0 Å². The van der Waals surface area contributed by atoms with Crippen LogP contribution >= 0.6 is 0 Å². The van der Waals surface area contributed by atoms with E-state index in [4.69, 9.17) is 5.73 Å². The summed E-state index contributed by atoms with van der Waals surface area (Å²) in [5, 5.41) is 9.47. The first-order valence-corrected chi connectivity index (χ1v) is 8.03. The lowest BCUT2D eigenvalue weighted by molar-refractivity contribution is -0.138. The van der Waals surface area contributed by atoms with Crippen LogP contribution in [0.1, 0.15) is 29.8 Å². The van der Waals surface area contributed by atoms with Crippen LogP contribution in [0.5, 0.6) is 0 Å². The van der Waals surface area contributed by atoms with E-state index in [2.05, 4.69) is 9.97 Å². The third-order valence-corrected chi connectivity index (χ3v) is 3.94. The Kier molecular flexibility index (Phi) is 5.46. The Bertz CT molecular complexity index is 728. The van der Waals surface area contributed by atoms with E-state index in [9.17, 15) is 9.90 Å². The molecule has 7 nitrogen and oxygen atoms in total. The number of rotatable bonds is 6. The van der Waals surface area contributed by atoms with Crippen molar-refractivity contribution in [1.29, 1.82) is 0 Å². The van der Waals surface area contributed by atoms with E-state index in [0.29, 0.717) is 35.1 Å². The zero-order valence-corrected chi connectivity index (χ0v) is 15.3. The van der Waals surface area contributed by atoms with Crippen LogP contribution in [0.4, 0.5) is 17.3 Å². The topological polar surface area (TPSA) is 95.6 Å². The van der Waals surface area contributed by atoms with Gasteiger partial charge in [-0.1, -0.05) is 12.1 Å². The number of nitrogens with two attached hydrogens (primary N) is 1. The molecule has 1 atom stereocenters. The Balaban J connectivity index is 2.56. The average Bonchev–Trinajstić information content (AvgIpc) is 2.55. The summed E-state index contributed by atoms with van der Waals surface area (Å²) in [5.41, 5.74) is 8.09. The van der Waals surface area contributed by atoms with Crippen LogP contribution in [0.2, 0.25) is 0 Å². The third kappa shape index (κ3) is 4.17. The molecule has 0 aliphatic carbocycles. The van der Waals surface area contributed by atoms with E-state index in [1.54, 1.807) is 6.92 Å². The molecule has 0 aliphatic heterocycles. The molecule has 7 heteroatoms. The maximum Gasteiger partial charge on any atom is 0.310 e. The number of aromatic nitrogens is 2. The molecule has 0 radical (unpaired) electrons. The van der Waals surface area contributed by atoms with Gasteiger partial charge in [0.1, 0.15) is 17.5 Å². The molecule has 134 valence electrons. The van der Waals surface area contributed by atoms with Gasteiger partial charge in [0.05, 0.1) is 11.5 Å². The Morgan fingerprint density at radius 1 is 1.08 bits per heavy atom. The molecule has 2 rings (SSSR count). The van der Waals surface area contributed by atoms with Crippen LogP contribution in [0.3, 0.4) is 0 Å². The summed E-state index contributed by atoms with van der Waals surface area (Å²) in [4.78, 5) is 24.5. The van der Waals surface area contributed by atoms with E-state index >= 15 is 0 Å². The SMILES string of the molecule is CC(C(=O)O)c1c(N(C)C)nc(Cc2ccc(N)c[13cH]2)nc1N(C)C. The van der Waals surface area contributed by atoms with E-state index in [-0.39, 0.29) is 0 Å². The molecule has 1 aromatic heterocycles. The number of anilines is 3. The van der Waals surface area contributed by atoms with Gasteiger partial charge in [0.15, 0.2) is 0 Å². The van der Waals surface area contributed by atoms with Crippen molar-refractivity contribution in [3.8, 4) is 0 Å². The van der Waals surface area contributed by atoms with Crippen molar-refractivity contribution in [3.63, 3.8) is 0 Å². The summed E-state index contributed by atoms with van der Waals surface area (Å²) in [6, 6.07) is 7.57. The lowest BCUT2D eigenvalue weighted by Crippen LogP contribution is -2.24. The molecule has 1 heterocycles.